The lowest BCUT2D eigenvalue weighted by Crippen LogP contribution is -2.11. The number of fused-ring (bicyclic) bond motifs is 2. The number of nitrogens with zero attached hydrogens (tertiary/aromatic N) is 3. The molecular weight excluding hydrogens is 368 g/mol. The SMILES string of the molecule is c1ccc(OCCNc2nn3c(-c4ccc5ccccc5c4)cnc3s2)cc1. The fourth-order valence-electron chi connectivity index (χ4n) is 3.15. The van der Waals surface area contributed by atoms with Crippen molar-refractivity contribution >= 4 is 32.2 Å². The molecule has 0 saturated heterocycles. The van der Waals surface area contributed by atoms with Crippen molar-refractivity contribution in [2.45, 2.75) is 0 Å². The second-order valence-electron chi connectivity index (χ2n) is 6.40. The van der Waals surface area contributed by atoms with Gasteiger partial charge in [-0.3, -0.25) is 0 Å². The van der Waals surface area contributed by atoms with E-state index in [-0.39, 0.29) is 0 Å². The summed E-state index contributed by atoms with van der Waals surface area (Å²) in [5.74, 6) is 0.872. The molecule has 2 heterocycles. The predicted octanol–water partition coefficient (Wildman–Crippen LogP) is 5.10. The Morgan fingerprint density at radius 2 is 1.75 bits per heavy atom. The van der Waals surface area contributed by atoms with E-state index < -0.39 is 0 Å². The lowest BCUT2D eigenvalue weighted by atomic mass is 10.1. The van der Waals surface area contributed by atoms with Gasteiger partial charge in [-0.25, -0.2) is 9.50 Å². The highest BCUT2D eigenvalue weighted by Crippen LogP contribution is 2.28. The summed E-state index contributed by atoms with van der Waals surface area (Å²) in [6.45, 7) is 1.25. The van der Waals surface area contributed by atoms with E-state index in [9.17, 15) is 0 Å². The van der Waals surface area contributed by atoms with Gasteiger partial charge in [0.05, 0.1) is 18.4 Å². The minimum atomic E-state index is 0.573. The van der Waals surface area contributed by atoms with Gasteiger partial charge in [0.2, 0.25) is 10.1 Å². The Balaban J connectivity index is 1.32. The molecule has 6 heteroatoms. The van der Waals surface area contributed by atoms with E-state index >= 15 is 0 Å². The summed E-state index contributed by atoms with van der Waals surface area (Å²) >= 11 is 1.54. The van der Waals surface area contributed by atoms with Crippen LogP contribution in [0.3, 0.4) is 0 Å². The van der Waals surface area contributed by atoms with Crippen LogP contribution in [0.15, 0.2) is 79.0 Å². The molecule has 0 unspecified atom stereocenters. The molecule has 28 heavy (non-hydrogen) atoms. The average Bonchev–Trinajstić information content (AvgIpc) is 3.32. The average molecular weight is 386 g/mol. The molecule has 0 atom stereocenters. The Labute approximate surface area is 166 Å². The minimum Gasteiger partial charge on any atom is -0.492 e. The van der Waals surface area contributed by atoms with Gasteiger partial charge in [0.15, 0.2) is 0 Å². The summed E-state index contributed by atoms with van der Waals surface area (Å²) in [7, 11) is 0. The van der Waals surface area contributed by atoms with E-state index in [0.717, 1.165) is 27.1 Å². The molecule has 5 aromatic rings. The molecule has 138 valence electrons. The Bertz CT molecular complexity index is 1230. The Hall–Kier alpha value is -3.38. The number of rotatable bonds is 6. The van der Waals surface area contributed by atoms with Gasteiger partial charge in [-0.2, -0.15) is 0 Å². The topological polar surface area (TPSA) is 51.5 Å². The van der Waals surface area contributed by atoms with Crippen LogP contribution in [0.5, 0.6) is 5.75 Å². The van der Waals surface area contributed by atoms with Crippen LogP contribution in [0.4, 0.5) is 5.13 Å². The van der Waals surface area contributed by atoms with Crippen molar-refractivity contribution < 1.29 is 4.74 Å². The molecule has 5 rings (SSSR count). The Kier molecular flexibility index (Phi) is 4.39. The van der Waals surface area contributed by atoms with Crippen LogP contribution >= 0.6 is 11.3 Å². The summed E-state index contributed by atoms with van der Waals surface area (Å²) in [4.78, 5) is 5.39. The predicted molar refractivity (Wildman–Crippen MR) is 114 cm³/mol. The van der Waals surface area contributed by atoms with Gasteiger partial charge in [-0.15, -0.1) is 5.10 Å². The van der Waals surface area contributed by atoms with Crippen molar-refractivity contribution in [1.82, 2.24) is 14.6 Å². The fourth-order valence-corrected chi connectivity index (χ4v) is 3.95. The van der Waals surface area contributed by atoms with Crippen LogP contribution < -0.4 is 10.1 Å². The van der Waals surface area contributed by atoms with Crippen LogP contribution in [0.2, 0.25) is 0 Å². The van der Waals surface area contributed by atoms with Gasteiger partial charge in [-0.1, -0.05) is 65.9 Å². The maximum Gasteiger partial charge on any atom is 0.214 e. The third kappa shape index (κ3) is 3.30. The van der Waals surface area contributed by atoms with Crippen LogP contribution in [-0.4, -0.2) is 27.7 Å². The Morgan fingerprint density at radius 3 is 2.64 bits per heavy atom. The highest BCUT2D eigenvalue weighted by Gasteiger charge is 2.12. The third-order valence-corrected chi connectivity index (χ3v) is 5.40. The second kappa shape index (κ2) is 7.32. The van der Waals surface area contributed by atoms with Gasteiger partial charge < -0.3 is 10.1 Å². The van der Waals surface area contributed by atoms with E-state index in [2.05, 4.69) is 57.9 Å². The van der Waals surface area contributed by atoms with E-state index in [0.29, 0.717) is 13.2 Å². The quantitative estimate of drug-likeness (QED) is 0.413. The smallest absolute Gasteiger partial charge is 0.214 e. The van der Waals surface area contributed by atoms with Crippen LogP contribution in [-0.2, 0) is 0 Å². The fraction of sp³-hybridized carbons (Fsp3) is 0.0909. The number of ether oxygens (including phenoxy) is 1. The van der Waals surface area contributed by atoms with E-state index in [1.54, 1.807) is 0 Å². The lowest BCUT2D eigenvalue weighted by molar-refractivity contribution is 0.333. The molecule has 0 saturated carbocycles. The van der Waals surface area contributed by atoms with Crippen molar-refractivity contribution in [3.63, 3.8) is 0 Å². The number of imidazole rings is 1. The number of para-hydroxylation sites is 1. The first kappa shape index (κ1) is 16.8. The largest absolute Gasteiger partial charge is 0.492 e. The molecule has 0 bridgehead atoms. The maximum atomic E-state index is 5.71. The maximum absolute atomic E-state index is 5.71. The number of benzene rings is 3. The van der Waals surface area contributed by atoms with E-state index in [4.69, 9.17) is 4.74 Å². The first-order chi connectivity index (χ1) is 13.9. The molecule has 1 N–H and O–H groups in total. The standard InChI is InChI=1S/C22H18N4OS/c1-2-8-19(9-3-1)27-13-12-23-21-25-26-20(15-24-22(26)28-21)18-11-10-16-6-4-5-7-17(16)14-18/h1-11,14-15H,12-13H2,(H,23,25). The third-order valence-electron chi connectivity index (χ3n) is 4.52. The number of anilines is 1. The first-order valence-electron chi connectivity index (χ1n) is 9.12. The first-order valence-corrected chi connectivity index (χ1v) is 9.94. The number of hydrogen-bond acceptors (Lipinski definition) is 5. The second-order valence-corrected chi connectivity index (χ2v) is 7.35. The molecule has 0 amide bonds. The van der Waals surface area contributed by atoms with Crippen LogP contribution in [0.25, 0.3) is 27.0 Å². The zero-order valence-electron chi connectivity index (χ0n) is 15.1. The van der Waals surface area contributed by atoms with Crippen LogP contribution in [0.1, 0.15) is 0 Å². The van der Waals surface area contributed by atoms with E-state index in [1.807, 2.05) is 41.0 Å². The summed E-state index contributed by atoms with van der Waals surface area (Å²) in [5.41, 5.74) is 2.10. The summed E-state index contributed by atoms with van der Waals surface area (Å²) in [6, 6.07) is 24.6. The molecular formula is C22H18N4OS. The molecule has 0 aliphatic heterocycles. The number of aromatic nitrogens is 3. The van der Waals surface area contributed by atoms with Gasteiger partial charge >= 0.3 is 0 Å². The molecule has 0 spiro atoms. The molecule has 5 nitrogen and oxygen atoms in total. The minimum absolute atomic E-state index is 0.573. The monoisotopic (exact) mass is 386 g/mol. The van der Waals surface area contributed by atoms with Gasteiger partial charge in [0.1, 0.15) is 12.4 Å². The lowest BCUT2D eigenvalue weighted by Gasteiger charge is -2.06. The van der Waals surface area contributed by atoms with E-state index in [1.165, 1.54) is 22.1 Å². The molecule has 3 aromatic carbocycles. The van der Waals surface area contributed by atoms with Crippen molar-refractivity contribution in [3.05, 3.63) is 79.0 Å². The zero-order valence-corrected chi connectivity index (χ0v) is 15.9. The summed E-state index contributed by atoms with van der Waals surface area (Å²) in [6.07, 6.45) is 1.88. The number of hydrogen-bond donors (Lipinski definition) is 1. The highest BCUT2D eigenvalue weighted by atomic mass is 32.1. The number of nitrogens with one attached hydrogen (secondary N) is 1. The highest BCUT2D eigenvalue weighted by molar-refractivity contribution is 7.20. The van der Waals surface area contributed by atoms with Crippen molar-refractivity contribution in [3.8, 4) is 17.0 Å². The molecule has 2 aromatic heterocycles. The van der Waals surface area contributed by atoms with Crippen LogP contribution in [0, 0.1) is 0 Å². The van der Waals surface area contributed by atoms with Gasteiger partial charge in [0, 0.05) is 5.56 Å². The normalized spacial score (nSPS) is 11.1. The molecule has 0 radical (unpaired) electrons. The van der Waals surface area contributed by atoms with Crippen molar-refractivity contribution in [1.29, 1.82) is 0 Å². The molecule has 0 aliphatic carbocycles. The molecule has 0 fully saturated rings. The summed E-state index contributed by atoms with van der Waals surface area (Å²) in [5, 5.41) is 11.3. The van der Waals surface area contributed by atoms with Crippen molar-refractivity contribution in [2.75, 3.05) is 18.5 Å². The molecule has 0 aliphatic rings. The zero-order chi connectivity index (χ0) is 18.8. The van der Waals surface area contributed by atoms with Gasteiger partial charge in [-0.05, 0) is 29.0 Å². The summed E-state index contributed by atoms with van der Waals surface area (Å²) < 4.78 is 7.61. The Morgan fingerprint density at radius 1 is 0.929 bits per heavy atom. The van der Waals surface area contributed by atoms with Gasteiger partial charge in [0.25, 0.3) is 0 Å². The van der Waals surface area contributed by atoms with Crippen molar-refractivity contribution in [2.24, 2.45) is 0 Å².